The highest BCUT2D eigenvalue weighted by atomic mass is 32.2. The van der Waals surface area contributed by atoms with Gasteiger partial charge in [0.05, 0.1) is 10.1 Å². The fourth-order valence-electron chi connectivity index (χ4n) is 3.41. The highest BCUT2D eigenvalue weighted by molar-refractivity contribution is 7.92. The van der Waals surface area contributed by atoms with E-state index in [0.29, 0.717) is 42.2 Å². The molecule has 1 saturated heterocycles. The summed E-state index contributed by atoms with van der Waals surface area (Å²) in [5, 5.41) is 0.432. The number of hydrogen-bond donors (Lipinski definition) is 0. The summed E-state index contributed by atoms with van der Waals surface area (Å²) in [5.41, 5.74) is 0.678. The largest absolute Gasteiger partial charge is 0.451 e. The van der Waals surface area contributed by atoms with Crippen molar-refractivity contribution in [1.29, 1.82) is 0 Å². The summed E-state index contributed by atoms with van der Waals surface area (Å²) in [6.45, 7) is 0.819. The minimum absolute atomic E-state index is 0.184. The van der Waals surface area contributed by atoms with Gasteiger partial charge in [0.1, 0.15) is 5.58 Å². The molecule has 2 heterocycles. The van der Waals surface area contributed by atoms with E-state index in [2.05, 4.69) is 0 Å². The predicted molar refractivity (Wildman–Crippen MR) is 98.8 cm³/mol. The lowest BCUT2D eigenvalue weighted by molar-refractivity contribution is 0.0696. The van der Waals surface area contributed by atoms with Gasteiger partial charge in [0.25, 0.3) is 5.91 Å². The summed E-state index contributed by atoms with van der Waals surface area (Å²) in [6, 6.07) is 17.7. The van der Waals surface area contributed by atoms with Crippen molar-refractivity contribution in [1.82, 2.24) is 4.90 Å². The van der Waals surface area contributed by atoms with E-state index in [1.807, 2.05) is 24.3 Å². The molecular weight excluding hydrogens is 350 g/mol. The maximum absolute atomic E-state index is 12.7. The Morgan fingerprint density at radius 3 is 2.31 bits per heavy atom. The van der Waals surface area contributed by atoms with Gasteiger partial charge in [-0.15, -0.1) is 0 Å². The number of nitrogens with zero attached hydrogens (tertiary/aromatic N) is 1. The van der Waals surface area contributed by atoms with Crippen LogP contribution in [0.3, 0.4) is 0 Å². The third-order valence-corrected chi connectivity index (χ3v) is 7.15. The molecule has 1 aromatic heterocycles. The normalized spacial score (nSPS) is 16.1. The fraction of sp³-hybridized carbons (Fsp3) is 0.250. The number of hydrogen-bond acceptors (Lipinski definition) is 4. The van der Waals surface area contributed by atoms with Crippen LogP contribution in [0.15, 0.2) is 70.0 Å². The second-order valence-electron chi connectivity index (χ2n) is 6.50. The molecule has 4 rings (SSSR count). The van der Waals surface area contributed by atoms with Crippen molar-refractivity contribution in [3.8, 4) is 0 Å². The minimum atomic E-state index is -3.36. The summed E-state index contributed by atoms with van der Waals surface area (Å²) in [5.74, 6) is 0.118. The first-order chi connectivity index (χ1) is 12.6. The highest BCUT2D eigenvalue weighted by Gasteiger charge is 2.33. The molecule has 3 aromatic rings. The number of para-hydroxylation sites is 1. The summed E-state index contributed by atoms with van der Waals surface area (Å²) >= 11 is 0. The first kappa shape index (κ1) is 16.8. The summed E-state index contributed by atoms with van der Waals surface area (Å²) < 4.78 is 31.1. The number of furan rings is 1. The van der Waals surface area contributed by atoms with E-state index in [1.54, 1.807) is 41.3 Å². The molecule has 1 aliphatic rings. The Morgan fingerprint density at radius 2 is 1.62 bits per heavy atom. The number of sulfone groups is 1. The number of carbonyl (C=O) groups excluding carboxylic acids is 1. The number of carbonyl (C=O) groups is 1. The SMILES string of the molecule is O=C(c1cc2ccccc2o1)N1CCC(S(=O)(=O)c2ccccc2)CC1. The lowest BCUT2D eigenvalue weighted by Crippen LogP contribution is -2.42. The summed E-state index contributed by atoms with van der Waals surface area (Å²) in [4.78, 5) is 14.7. The van der Waals surface area contributed by atoms with Crippen LogP contribution in [0.1, 0.15) is 23.4 Å². The van der Waals surface area contributed by atoms with Gasteiger partial charge in [0, 0.05) is 18.5 Å². The lowest BCUT2D eigenvalue weighted by atomic mass is 10.1. The molecule has 1 aliphatic heterocycles. The number of benzene rings is 2. The van der Waals surface area contributed by atoms with Crippen molar-refractivity contribution in [2.24, 2.45) is 0 Å². The molecule has 0 saturated carbocycles. The third-order valence-electron chi connectivity index (χ3n) is 4.88. The van der Waals surface area contributed by atoms with Crippen molar-refractivity contribution in [2.75, 3.05) is 13.1 Å². The molecule has 0 radical (unpaired) electrons. The van der Waals surface area contributed by atoms with Crippen LogP contribution in [-0.4, -0.2) is 37.6 Å². The molecule has 0 bridgehead atoms. The summed E-state index contributed by atoms with van der Waals surface area (Å²) in [7, 11) is -3.36. The van der Waals surface area contributed by atoms with E-state index in [9.17, 15) is 13.2 Å². The van der Waals surface area contributed by atoms with Gasteiger partial charge < -0.3 is 9.32 Å². The van der Waals surface area contributed by atoms with Crippen LogP contribution in [0.5, 0.6) is 0 Å². The molecule has 2 aromatic carbocycles. The van der Waals surface area contributed by atoms with E-state index in [-0.39, 0.29) is 5.91 Å². The van der Waals surface area contributed by atoms with Gasteiger partial charge in [0.2, 0.25) is 0 Å². The molecule has 0 unspecified atom stereocenters. The predicted octanol–water partition coefficient (Wildman–Crippen LogP) is 3.51. The zero-order chi connectivity index (χ0) is 18.1. The van der Waals surface area contributed by atoms with Gasteiger partial charge >= 0.3 is 0 Å². The zero-order valence-corrected chi connectivity index (χ0v) is 15.0. The molecule has 0 spiro atoms. The number of likely N-dealkylation sites (tertiary alicyclic amines) is 1. The summed E-state index contributed by atoms with van der Waals surface area (Å²) in [6.07, 6.45) is 0.867. The molecule has 1 fully saturated rings. The Kier molecular flexibility index (Phi) is 4.28. The second kappa shape index (κ2) is 6.61. The van der Waals surface area contributed by atoms with Crippen LogP contribution in [0.4, 0.5) is 0 Å². The molecule has 5 nitrogen and oxygen atoms in total. The van der Waals surface area contributed by atoms with Crippen LogP contribution < -0.4 is 0 Å². The van der Waals surface area contributed by atoms with Crippen LogP contribution >= 0.6 is 0 Å². The molecule has 6 heteroatoms. The van der Waals surface area contributed by atoms with Gasteiger partial charge in [-0.3, -0.25) is 4.79 Å². The third kappa shape index (κ3) is 3.01. The number of amides is 1. The van der Waals surface area contributed by atoms with E-state index < -0.39 is 15.1 Å². The topological polar surface area (TPSA) is 67.6 Å². The molecule has 134 valence electrons. The number of piperidine rings is 1. The average Bonchev–Trinajstić information content (AvgIpc) is 3.12. The van der Waals surface area contributed by atoms with E-state index >= 15 is 0 Å². The first-order valence-corrected chi connectivity index (χ1v) is 10.2. The van der Waals surface area contributed by atoms with E-state index in [4.69, 9.17) is 4.42 Å². The molecule has 1 amide bonds. The van der Waals surface area contributed by atoms with Gasteiger partial charge in [-0.1, -0.05) is 36.4 Å². The molecular formula is C20H19NO4S. The van der Waals surface area contributed by atoms with E-state index in [0.717, 1.165) is 5.39 Å². The van der Waals surface area contributed by atoms with Crippen LogP contribution in [0.25, 0.3) is 11.0 Å². The van der Waals surface area contributed by atoms with Crippen molar-refractivity contribution in [2.45, 2.75) is 23.0 Å². The van der Waals surface area contributed by atoms with Gasteiger partial charge in [-0.25, -0.2) is 8.42 Å². The number of fused-ring (bicyclic) bond motifs is 1. The van der Waals surface area contributed by atoms with Crippen molar-refractivity contribution >= 4 is 26.7 Å². The maximum atomic E-state index is 12.7. The zero-order valence-electron chi connectivity index (χ0n) is 14.2. The quantitative estimate of drug-likeness (QED) is 0.708. The Hall–Kier alpha value is -2.60. The van der Waals surface area contributed by atoms with Gasteiger partial charge in [0.15, 0.2) is 15.6 Å². The number of rotatable bonds is 3. The average molecular weight is 369 g/mol. The monoisotopic (exact) mass is 369 g/mol. The van der Waals surface area contributed by atoms with Gasteiger partial charge in [-0.2, -0.15) is 0 Å². The molecule has 0 atom stereocenters. The highest BCUT2D eigenvalue weighted by Crippen LogP contribution is 2.26. The van der Waals surface area contributed by atoms with E-state index in [1.165, 1.54) is 0 Å². The standard InChI is InChI=1S/C20H19NO4S/c22-20(19-14-15-6-4-5-9-18(15)25-19)21-12-10-17(11-13-21)26(23,24)16-7-2-1-3-8-16/h1-9,14,17H,10-13H2. The Morgan fingerprint density at radius 1 is 0.962 bits per heavy atom. The fourth-order valence-corrected chi connectivity index (χ4v) is 5.17. The van der Waals surface area contributed by atoms with Crippen molar-refractivity contribution in [3.63, 3.8) is 0 Å². The second-order valence-corrected chi connectivity index (χ2v) is 8.73. The minimum Gasteiger partial charge on any atom is -0.451 e. The Bertz CT molecular complexity index is 999. The molecule has 0 aliphatic carbocycles. The van der Waals surface area contributed by atoms with Crippen LogP contribution in [0, 0.1) is 0 Å². The first-order valence-electron chi connectivity index (χ1n) is 8.62. The Balaban J connectivity index is 1.47. The molecule has 0 N–H and O–H groups in total. The Labute approximate surface area is 152 Å². The molecule has 26 heavy (non-hydrogen) atoms. The maximum Gasteiger partial charge on any atom is 0.289 e. The van der Waals surface area contributed by atoms with Crippen molar-refractivity contribution in [3.05, 3.63) is 66.4 Å². The van der Waals surface area contributed by atoms with Crippen LogP contribution in [-0.2, 0) is 9.84 Å². The van der Waals surface area contributed by atoms with Crippen molar-refractivity contribution < 1.29 is 17.6 Å². The smallest absolute Gasteiger partial charge is 0.289 e. The van der Waals surface area contributed by atoms with Gasteiger partial charge in [-0.05, 0) is 37.1 Å². The lowest BCUT2D eigenvalue weighted by Gasteiger charge is -2.31. The van der Waals surface area contributed by atoms with Crippen LogP contribution in [0.2, 0.25) is 0 Å².